The summed E-state index contributed by atoms with van der Waals surface area (Å²) >= 11 is 0. The Morgan fingerprint density at radius 2 is 2.00 bits per heavy atom. The molecule has 70 valence electrons. The topological polar surface area (TPSA) is 18.1 Å². The van der Waals surface area contributed by atoms with Gasteiger partial charge in [-0.2, -0.15) is 0 Å². The molecule has 2 aromatic heterocycles. The van der Waals surface area contributed by atoms with Crippen molar-refractivity contribution in [2.24, 2.45) is 7.05 Å². The molecule has 0 amide bonds. The van der Waals surface area contributed by atoms with Crippen molar-refractivity contribution in [1.29, 1.82) is 0 Å². The summed E-state index contributed by atoms with van der Waals surface area (Å²) in [7, 11) is 2.08. The molecule has 0 atom stereocenters. The van der Waals surface area contributed by atoms with Gasteiger partial charge in [-0.25, -0.2) is 0 Å². The Labute approximate surface area is 81.7 Å². The van der Waals surface area contributed by atoms with Crippen molar-refractivity contribution in [3.63, 3.8) is 0 Å². The van der Waals surface area contributed by atoms with Gasteiger partial charge in [-0.3, -0.25) is 0 Å². The predicted molar refractivity (Wildman–Crippen MR) is 57.4 cm³/mol. The van der Waals surface area contributed by atoms with Crippen LogP contribution in [0.15, 0.2) is 34.9 Å². The Morgan fingerprint density at radius 1 is 1.14 bits per heavy atom. The highest BCUT2D eigenvalue weighted by Gasteiger charge is 2.05. The number of aromatic nitrogens is 1. The summed E-state index contributed by atoms with van der Waals surface area (Å²) in [4.78, 5) is 0. The maximum atomic E-state index is 5.38. The van der Waals surface area contributed by atoms with Crippen molar-refractivity contribution >= 4 is 21.9 Å². The normalized spacial score (nSPS) is 11.6. The Bertz CT molecular complexity index is 616. The van der Waals surface area contributed by atoms with Crippen molar-refractivity contribution in [2.75, 3.05) is 0 Å². The van der Waals surface area contributed by atoms with Crippen molar-refractivity contribution < 1.29 is 4.42 Å². The van der Waals surface area contributed by atoms with Crippen molar-refractivity contribution in [3.8, 4) is 0 Å². The van der Waals surface area contributed by atoms with Crippen LogP contribution in [0, 0.1) is 6.92 Å². The minimum absolute atomic E-state index is 0.957. The Morgan fingerprint density at radius 3 is 2.86 bits per heavy atom. The third-order valence-corrected chi connectivity index (χ3v) is 2.86. The molecule has 1 aromatic carbocycles. The Kier molecular flexibility index (Phi) is 1.32. The molecule has 0 aliphatic carbocycles. The smallest absolute Gasteiger partial charge is 0.135 e. The summed E-state index contributed by atoms with van der Waals surface area (Å²) in [5.41, 5.74) is 3.45. The number of hydrogen-bond donors (Lipinski definition) is 0. The summed E-state index contributed by atoms with van der Waals surface area (Å²) in [5.74, 6) is 0. The summed E-state index contributed by atoms with van der Waals surface area (Å²) < 4.78 is 7.55. The predicted octanol–water partition coefficient (Wildman–Crippen LogP) is 3.23. The van der Waals surface area contributed by atoms with E-state index in [9.17, 15) is 0 Å². The van der Waals surface area contributed by atoms with Crippen LogP contribution >= 0.6 is 0 Å². The van der Waals surface area contributed by atoms with E-state index >= 15 is 0 Å². The first-order valence-corrected chi connectivity index (χ1v) is 4.69. The standard InChI is InChI=1S/C12H11NO/c1-8-5-10-6-9-3-4-14-12(9)7-11(10)13(8)2/h3-7H,1-2H3. The third-order valence-electron chi connectivity index (χ3n) is 2.86. The van der Waals surface area contributed by atoms with Gasteiger partial charge in [0.15, 0.2) is 0 Å². The quantitative estimate of drug-likeness (QED) is 0.525. The largest absolute Gasteiger partial charge is 0.464 e. The fourth-order valence-electron chi connectivity index (χ4n) is 1.93. The first kappa shape index (κ1) is 7.68. The van der Waals surface area contributed by atoms with Gasteiger partial charge < -0.3 is 8.98 Å². The van der Waals surface area contributed by atoms with Crippen LogP contribution in [-0.2, 0) is 7.05 Å². The highest BCUT2D eigenvalue weighted by atomic mass is 16.3. The first-order chi connectivity index (χ1) is 6.75. The summed E-state index contributed by atoms with van der Waals surface area (Å²) in [6.45, 7) is 2.11. The van der Waals surface area contributed by atoms with Gasteiger partial charge in [0.1, 0.15) is 5.58 Å². The van der Waals surface area contributed by atoms with E-state index < -0.39 is 0 Å². The fourth-order valence-corrected chi connectivity index (χ4v) is 1.93. The lowest BCUT2D eigenvalue weighted by Crippen LogP contribution is -1.88. The molecule has 0 spiro atoms. The van der Waals surface area contributed by atoms with E-state index in [4.69, 9.17) is 4.42 Å². The second kappa shape index (κ2) is 2.41. The molecule has 3 aromatic rings. The third kappa shape index (κ3) is 0.854. The van der Waals surface area contributed by atoms with Crippen LogP contribution in [0.25, 0.3) is 21.9 Å². The van der Waals surface area contributed by atoms with Crippen LogP contribution in [0.3, 0.4) is 0 Å². The van der Waals surface area contributed by atoms with Crippen LogP contribution in [0.1, 0.15) is 5.69 Å². The Balaban J connectivity index is 2.56. The first-order valence-electron chi connectivity index (χ1n) is 4.69. The number of hydrogen-bond acceptors (Lipinski definition) is 1. The zero-order valence-corrected chi connectivity index (χ0v) is 8.24. The molecule has 0 fully saturated rings. The highest BCUT2D eigenvalue weighted by Crippen LogP contribution is 2.25. The number of rotatable bonds is 0. The fraction of sp³-hybridized carbons (Fsp3) is 0.167. The number of aryl methyl sites for hydroxylation is 2. The minimum Gasteiger partial charge on any atom is -0.464 e. The lowest BCUT2D eigenvalue weighted by molar-refractivity contribution is 0.616. The molecule has 0 bridgehead atoms. The molecule has 0 saturated carbocycles. The average molecular weight is 185 g/mol. The SMILES string of the molecule is Cc1cc2cc3ccoc3cc2n1C. The lowest BCUT2D eigenvalue weighted by Gasteiger charge is -1.97. The molecular weight excluding hydrogens is 174 g/mol. The van der Waals surface area contributed by atoms with Crippen molar-refractivity contribution in [1.82, 2.24) is 4.57 Å². The zero-order valence-electron chi connectivity index (χ0n) is 8.24. The van der Waals surface area contributed by atoms with E-state index in [2.05, 4.69) is 36.7 Å². The zero-order chi connectivity index (χ0) is 9.71. The van der Waals surface area contributed by atoms with Crippen LogP contribution in [0.5, 0.6) is 0 Å². The molecular formula is C12H11NO. The summed E-state index contributed by atoms with van der Waals surface area (Å²) in [6, 6.07) is 8.46. The Hall–Kier alpha value is -1.70. The highest BCUT2D eigenvalue weighted by molar-refractivity contribution is 5.95. The van der Waals surface area contributed by atoms with Gasteiger partial charge >= 0.3 is 0 Å². The maximum Gasteiger partial charge on any atom is 0.135 e. The van der Waals surface area contributed by atoms with Crippen LogP contribution in [0.4, 0.5) is 0 Å². The number of nitrogens with zero attached hydrogens (tertiary/aromatic N) is 1. The van der Waals surface area contributed by atoms with Crippen LogP contribution in [0.2, 0.25) is 0 Å². The number of benzene rings is 1. The van der Waals surface area contributed by atoms with Crippen molar-refractivity contribution in [2.45, 2.75) is 6.92 Å². The molecule has 2 nitrogen and oxygen atoms in total. The molecule has 0 saturated heterocycles. The molecule has 0 N–H and O–H groups in total. The van der Waals surface area contributed by atoms with Gasteiger partial charge in [0.25, 0.3) is 0 Å². The maximum absolute atomic E-state index is 5.38. The molecule has 2 heterocycles. The van der Waals surface area contributed by atoms with E-state index in [0.717, 1.165) is 5.58 Å². The number of fused-ring (bicyclic) bond motifs is 2. The van der Waals surface area contributed by atoms with Crippen molar-refractivity contribution in [3.05, 3.63) is 36.2 Å². The molecule has 0 aliphatic heterocycles. The molecule has 3 rings (SSSR count). The average Bonchev–Trinajstić information content (AvgIpc) is 2.70. The van der Waals surface area contributed by atoms with Crippen LogP contribution < -0.4 is 0 Å². The second-order valence-corrected chi connectivity index (χ2v) is 3.71. The van der Waals surface area contributed by atoms with E-state index in [-0.39, 0.29) is 0 Å². The minimum atomic E-state index is 0.957. The lowest BCUT2D eigenvalue weighted by atomic mass is 10.2. The molecule has 0 unspecified atom stereocenters. The van der Waals surface area contributed by atoms with E-state index in [1.165, 1.54) is 22.0 Å². The van der Waals surface area contributed by atoms with Crippen LogP contribution in [-0.4, -0.2) is 4.57 Å². The van der Waals surface area contributed by atoms with Gasteiger partial charge in [-0.05, 0) is 25.1 Å². The molecule has 2 heteroatoms. The molecule has 14 heavy (non-hydrogen) atoms. The monoisotopic (exact) mass is 185 g/mol. The van der Waals surface area contributed by atoms with Gasteiger partial charge in [0.2, 0.25) is 0 Å². The number of furan rings is 1. The summed E-state index contributed by atoms with van der Waals surface area (Å²) in [6.07, 6.45) is 1.73. The van der Waals surface area contributed by atoms with Gasteiger partial charge in [-0.15, -0.1) is 0 Å². The van der Waals surface area contributed by atoms with E-state index in [1.807, 2.05) is 6.07 Å². The molecule has 0 aliphatic rings. The second-order valence-electron chi connectivity index (χ2n) is 3.71. The van der Waals surface area contributed by atoms with E-state index in [1.54, 1.807) is 6.26 Å². The van der Waals surface area contributed by atoms with Gasteiger partial charge in [-0.1, -0.05) is 0 Å². The summed E-state index contributed by atoms with van der Waals surface area (Å²) in [5, 5.41) is 2.45. The van der Waals surface area contributed by atoms with E-state index in [0.29, 0.717) is 0 Å². The van der Waals surface area contributed by atoms with Gasteiger partial charge in [0.05, 0.1) is 11.8 Å². The molecule has 0 radical (unpaired) electrons. The van der Waals surface area contributed by atoms with Gasteiger partial charge in [0, 0.05) is 29.6 Å².